The van der Waals surface area contributed by atoms with Crippen LogP contribution in [0, 0.1) is 11.3 Å². The van der Waals surface area contributed by atoms with E-state index < -0.39 is 0 Å². The van der Waals surface area contributed by atoms with Gasteiger partial charge in [0.1, 0.15) is 16.8 Å². The van der Waals surface area contributed by atoms with Gasteiger partial charge >= 0.3 is 0 Å². The van der Waals surface area contributed by atoms with E-state index in [-0.39, 0.29) is 18.0 Å². The number of rotatable bonds is 5. The monoisotopic (exact) mass is 383 g/mol. The van der Waals surface area contributed by atoms with Gasteiger partial charge in [-0.05, 0) is 55.5 Å². The van der Waals surface area contributed by atoms with E-state index in [0.29, 0.717) is 10.6 Å². The number of nitriles is 1. The predicted molar refractivity (Wildman–Crippen MR) is 108 cm³/mol. The van der Waals surface area contributed by atoms with Crippen LogP contribution >= 0.6 is 11.3 Å². The fourth-order valence-electron chi connectivity index (χ4n) is 3.64. The van der Waals surface area contributed by atoms with Gasteiger partial charge in [-0.25, -0.2) is 0 Å². The lowest BCUT2D eigenvalue weighted by atomic mass is 9.99. The second-order valence-corrected chi connectivity index (χ2v) is 7.73. The highest BCUT2D eigenvalue weighted by Gasteiger charge is 2.30. The lowest BCUT2D eigenvalue weighted by molar-refractivity contribution is -0.121. The third-order valence-corrected chi connectivity index (χ3v) is 6.02. The summed E-state index contributed by atoms with van der Waals surface area (Å²) in [6, 6.07) is 11.9. The van der Waals surface area contributed by atoms with E-state index in [2.05, 4.69) is 28.4 Å². The van der Waals surface area contributed by atoms with Crippen molar-refractivity contribution in [1.82, 2.24) is 4.90 Å². The number of nitrogens with zero attached hydrogens (tertiary/aromatic N) is 2. The first kappa shape index (κ1) is 19.4. The lowest BCUT2D eigenvalue weighted by Gasteiger charge is -2.34. The number of carbonyl (C=O) groups is 1. The van der Waals surface area contributed by atoms with Crippen LogP contribution in [0.3, 0.4) is 0 Å². The molecule has 142 valence electrons. The van der Waals surface area contributed by atoms with Gasteiger partial charge in [0, 0.05) is 6.04 Å². The van der Waals surface area contributed by atoms with E-state index >= 15 is 0 Å². The van der Waals surface area contributed by atoms with Crippen molar-refractivity contribution in [3.05, 3.63) is 46.8 Å². The average molecular weight is 384 g/mol. The Morgan fingerprint density at radius 2 is 2.07 bits per heavy atom. The fraction of sp³-hybridized carbons (Fsp3) is 0.429. The summed E-state index contributed by atoms with van der Waals surface area (Å²) in [6.45, 7) is 2.84. The number of thiophene rings is 1. The largest absolute Gasteiger partial charge is 0.497 e. The number of likely N-dealkylation sites (tertiary alicyclic amines) is 1. The average Bonchev–Trinajstić information content (AvgIpc) is 3.00. The van der Waals surface area contributed by atoms with E-state index in [1.54, 1.807) is 13.2 Å². The first-order chi connectivity index (χ1) is 13.1. The number of amides is 1. The van der Waals surface area contributed by atoms with Crippen LogP contribution in [0.1, 0.15) is 49.8 Å². The molecular formula is C21H25N3O2S. The van der Waals surface area contributed by atoms with Crippen molar-refractivity contribution >= 4 is 22.2 Å². The van der Waals surface area contributed by atoms with Crippen molar-refractivity contribution in [2.24, 2.45) is 0 Å². The van der Waals surface area contributed by atoms with E-state index in [9.17, 15) is 4.79 Å². The number of benzene rings is 1. The summed E-state index contributed by atoms with van der Waals surface area (Å²) in [7, 11) is 1.67. The van der Waals surface area contributed by atoms with Crippen LogP contribution in [-0.2, 0) is 4.79 Å². The van der Waals surface area contributed by atoms with Gasteiger partial charge in [-0.2, -0.15) is 5.26 Å². The van der Waals surface area contributed by atoms with Crippen molar-refractivity contribution < 1.29 is 9.53 Å². The molecule has 1 amide bonds. The van der Waals surface area contributed by atoms with Crippen molar-refractivity contribution in [2.75, 3.05) is 19.0 Å². The molecule has 0 radical (unpaired) electrons. The molecule has 6 heteroatoms. The zero-order valence-electron chi connectivity index (χ0n) is 15.8. The molecule has 2 heterocycles. The molecule has 1 aromatic heterocycles. The van der Waals surface area contributed by atoms with Gasteiger partial charge in [0.15, 0.2) is 0 Å². The zero-order valence-corrected chi connectivity index (χ0v) is 16.6. The normalized spacial score (nSPS) is 18.9. The molecule has 27 heavy (non-hydrogen) atoms. The quantitative estimate of drug-likeness (QED) is 0.821. The molecule has 1 saturated heterocycles. The zero-order chi connectivity index (χ0) is 19.2. The van der Waals surface area contributed by atoms with E-state index in [0.717, 1.165) is 31.6 Å². The third kappa shape index (κ3) is 4.49. The first-order valence-corrected chi connectivity index (χ1v) is 10.2. The predicted octanol–water partition coefficient (Wildman–Crippen LogP) is 4.57. The highest BCUT2D eigenvalue weighted by Crippen LogP contribution is 2.33. The highest BCUT2D eigenvalue weighted by molar-refractivity contribution is 7.14. The molecule has 1 fully saturated rings. The Morgan fingerprint density at radius 1 is 1.30 bits per heavy atom. The SMILES string of the molecule is COc1ccc([C@H]2CCCCCN2[C@H](C)C(=O)Nc2sccc2C#N)cc1. The first-order valence-electron chi connectivity index (χ1n) is 9.32. The number of hydrogen-bond donors (Lipinski definition) is 1. The minimum atomic E-state index is -0.274. The maximum Gasteiger partial charge on any atom is 0.242 e. The van der Waals surface area contributed by atoms with E-state index in [1.807, 2.05) is 24.4 Å². The van der Waals surface area contributed by atoms with Crippen LogP contribution in [0.2, 0.25) is 0 Å². The second-order valence-electron chi connectivity index (χ2n) is 6.82. The number of nitrogens with one attached hydrogen (secondary N) is 1. The minimum absolute atomic E-state index is 0.0608. The van der Waals surface area contributed by atoms with Crippen LogP contribution < -0.4 is 10.1 Å². The van der Waals surface area contributed by atoms with Gasteiger partial charge in [0.2, 0.25) is 5.91 Å². The fourth-order valence-corrected chi connectivity index (χ4v) is 4.38. The van der Waals surface area contributed by atoms with Crippen LogP contribution in [0.15, 0.2) is 35.7 Å². The van der Waals surface area contributed by atoms with Crippen molar-refractivity contribution in [2.45, 2.75) is 44.7 Å². The second kappa shape index (κ2) is 9.03. The molecule has 0 saturated carbocycles. The molecule has 1 N–H and O–H groups in total. The van der Waals surface area contributed by atoms with Crippen molar-refractivity contribution in [1.29, 1.82) is 5.26 Å². The third-order valence-electron chi connectivity index (χ3n) is 5.19. The number of hydrogen-bond acceptors (Lipinski definition) is 5. The van der Waals surface area contributed by atoms with Gasteiger partial charge in [-0.3, -0.25) is 9.69 Å². The van der Waals surface area contributed by atoms with Gasteiger partial charge in [-0.15, -0.1) is 11.3 Å². The lowest BCUT2D eigenvalue weighted by Crippen LogP contribution is -2.44. The number of anilines is 1. The Kier molecular flexibility index (Phi) is 6.49. The molecule has 1 aromatic carbocycles. The Morgan fingerprint density at radius 3 is 2.78 bits per heavy atom. The van der Waals surface area contributed by atoms with Gasteiger partial charge in [0.05, 0.1) is 18.7 Å². The topological polar surface area (TPSA) is 65.4 Å². The van der Waals surface area contributed by atoms with Crippen LogP contribution in [0.25, 0.3) is 0 Å². The van der Waals surface area contributed by atoms with Crippen LogP contribution in [0.5, 0.6) is 5.75 Å². The number of methoxy groups -OCH3 is 1. The Balaban J connectivity index is 1.79. The Labute approximate surface area is 164 Å². The summed E-state index contributed by atoms with van der Waals surface area (Å²) in [6.07, 6.45) is 4.46. The summed E-state index contributed by atoms with van der Waals surface area (Å²) >= 11 is 1.39. The molecule has 1 aliphatic rings. The molecule has 3 rings (SSSR count). The minimum Gasteiger partial charge on any atom is -0.497 e. The molecular weight excluding hydrogens is 358 g/mol. The maximum atomic E-state index is 12.9. The molecule has 5 nitrogen and oxygen atoms in total. The van der Waals surface area contributed by atoms with Crippen molar-refractivity contribution in [3.8, 4) is 11.8 Å². The molecule has 0 spiro atoms. The number of carbonyl (C=O) groups excluding carboxylic acids is 1. The van der Waals surface area contributed by atoms with E-state index in [4.69, 9.17) is 10.00 Å². The summed E-state index contributed by atoms with van der Waals surface area (Å²) < 4.78 is 5.27. The van der Waals surface area contributed by atoms with E-state index in [1.165, 1.54) is 23.3 Å². The van der Waals surface area contributed by atoms with Crippen LogP contribution in [0.4, 0.5) is 5.00 Å². The van der Waals surface area contributed by atoms with Gasteiger partial charge in [0.25, 0.3) is 0 Å². The summed E-state index contributed by atoms with van der Waals surface area (Å²) in [4.78, 5) is 15.2. The van der Waals surface area contributed by atoms with Gasteiger partial charge < -0.3 is 10.1 Å². The standard InChI is InChI=1S/C21H25N3O2S/c1-15(20(25)23-21-17(14-22)11-13-27-21)24-12-5-3-4-6-19(24)16-7-9-18(26-2)10-8-16/h7-11,13,15,19H,3-6,12H2,1-2H3,(H,23,25)/t15-,19-/m1/s1. The molecule has 2 atom stereocenters. The molecule has 0 bridgehead atoms. The van der Waals surface area contributed by atoms with Crippen molar-refractivity contribution in [3.63, 3.8) is 0 Å². The molecule has 0 unspecified atom stereocenters. The summed E-state index contributed by atoms with van der Waals surface area (Å²) in [5.74, 6) is 0.779. The molecule has 1 aliphatic heterocycles. The maximum absolute atomic E-state index is 12.9. The van der Waals surface area contributed by atoms with Gasteiger partial charge in [-0.1, -0.05) is 25.0 Å². The molecule has 0 aliphatic carbocycles. The molecule has 2 aromatic rings. The van der Waals surface area contributed by atoms with Crippen LogP contribution in [-0.4, -0.2) is 30.5 Å². The smallest absolute Gasteiger partial charge is 0.242 e. The number of ether oxygens (including phenoxy) is 1. The summed E-state index contributed by atoms with van der Waals surface area (Å²) in [5.41, 5.74) is 1.73. The Hall–Kier alpha value is -2.36. The Bertz CT molecular complexity index is 810. The highest BCUT2D eigenvalue weighted by atomic mass is 32.1. The summed E-state index contributed by atoms with van der Waals surface area (Å²) in [5, 5.41) is 14.6.